The first-order valence-electron chi connectivity index (χ1n) is 4.15. The molecule has 1 aliphatic heterocycles. The highest BCUT2D eigenvalue weighted by atomic mass is 32.2. The quantitative estimate of drug-likeness (QED) is 0.544. The second kappa shape index (κ2) is 16.1. The molecule has 0 radical (unpaired) electrons. The van der Waals surface area contributed by atoms with Gasteiger partial charge in [-0.3, -0.25) is 0 Å². The van der Waals surface area contributed by atoms with Crippen molar-refractivity contribution in [2.24, 2.45) is 0 Å². The Balaban J connectivity index is 0. The van der Waals surface area contributed by atoms with Crippen LogP contribution in [0.25, 0.3) is 0 Å². The summed E-state index contributed by atoms with van der Waals surface area (Å²) in [6.45, 7) is 9.93. The summed E-state index contributed by atoms with van der Waals surface area (Å²) in [5.41, 5.74) is 0. The summed E-state index contributed by atoms with van der Waals surface area (Å²) < 4.78 is 5.05. The first kappa shape index (κ1) is 12.9. The zero-order chi connectivity index (χ0) is 8.24. The van der Waals surface area contributed by atoms with E-state index in [-0.39, 0.29) is 0 Å². The molecule has 64 valence electrons. The summed E-state index contributed by atoms with van der Waals surface area (Å²) in [7, 11) is 0. The maximum Gasteiger partial charge on any atom is 0.0557 e. The van der Waals surface area contributed by atoms with Crippen molar-refractivity contribution < 1.29 is 4.74 Å². The van der Waals surface area contributed by atoms with Gasteiger partial charge < -0.3 is 4.74 Å². The highest BCUT2D eigenvalue weighted by molar-refractivity contribution is 7.99. The van der Waals surface area contributed by atoms with Crippen molar-refractivity contribution in [2.45, 2.75) is 27.7 Å². The summed E-state index contributed by atoms with van der Waals surface area (Å²) in [4.78, 5) is 0. The van der Waals surface area contributed by atoms with Crippen molar-refractivity contribution >= 4 is 11.8 Å². The van der Waals surface area contributed by atoms with Crippen LogP contribution in [-0.2, 0) is 4.74 Å². The van der Waals surface area contributed by atoms with Crippen molar-refractivity contribution in [3.8, 4) is 0 Å². The van der Waals surface area contributed by atoms with Gasteiger partial charge in [-0.1, -0.05) is 27.7 Å². The van der Waals surface area contributed by atoms with Crippen LogP contribution in [0.1, 0.15) is 27.7 Å². The molecule has 0 spiro atoms. The van der Waals surface area contributed by atoms with Gasteiger partial charge in [0.15, 0.2) is 0 Å². The lowest BCUT2D eigenvalue weighted by Gasteiger charge is -2.07. The van der Waals surface area contributed by atoms with Crippen LogP contribution < -0.4 is 0 Å². The van der Waals surface area contributed by atoms with Crippen LogP contribution in [0.2, 0.25) is 0 Å². The fourth-order valence-corrected chi connectivity index (χ4v) is 1.12. The Morgan fingerprint density at radius 1 is 0.900 bits per heavy atom. The molecule has 1 aliphatic rings. The van der Waals surface area contributed by atoms with E-state index in [1.54, 1.807) is 0 Å². The second-order valence-corrected chi connectivity index (χ2v) is 2.45. The summed E-state index contributed by atoms with van der Waals surface area (Å²) in [5.74, 6) is 2.39. The van der Waals surface area contributed by atoms with Crippen molar-refractivity contribution in [2.75, 3.05) is 24.7 Å². The summed E-state index contributed by atoms with van der Waals surface area (Å²) in [6.07, 6.45) is 0. The summed E-state index contributed by atoms with van der Waals surface area (Å²) in [5, 5.41) is 0. The molecule has 0 aromatic rings. The molecule has 1 fully saturated rings. The fraction of sp³-hybridized carbons (Fsp3) is 1.00. The molecule has 0 saturated carbocycles. The fourth-order valence-electron chi connectivity index (χ4n) is 0.440. The van der Waals surface area contributed by atoms with Crippen LogP contribution in [0, 0.1) is 0 Å². The van der Waals surface area contributed by atoms with E-state index >= 15 is 0 Å². The minimum Gasteiger partial charge on any atom is -0.380 e. The van der Waals surface area contributed by atoms with Crippen LogP contribution >= 0.6 is 11.8 Å². The van der Waals surface area contributed by atoms with E-state index in [9.17, 15) is 0 Å². The minimum absolute atomic E-state index is 0.963. The van der Waals surface area contributed by atoms with E-state index in [1.807, 2.05) is 39.5 Å². The van der Waals surface area contributed by atoms with Crippen LogP contribution in [0.5, 0.6) is 0 Å². The third kappa shape index (κ3) is 11.2. The summed E-state index contributed by atoms with van der Waals surface area (Å²) >= 11 is 1.97. The molecule has 0 unspecified atom stereocenters. The topological polar surface area (TPSA) is 9.23 Å². The van der Waals surface area contributed by atoms with Gasteiger partial charge >= 0.3 is 0 Å². The molecule has 0 N–H and O–H groups in total. The van der Waals surface area contributed by atoms with Crippen molar-refractivity contribution in [1.29, 1.82) is 0 Å². The molecule has 1 saturated heterocycles. The van der Waals surface area contributed by atoms with Gasteiger partial charge in [0, 0.05) is 11.5 Å². The SMILES string of the molecule is C1CSCCO1.CC.CC. The van der Waals surface area contributed by atoms with E-state index in [1.165, 1.54) is 11.5 Å². The molecule has 1 rings (SSSR count). The van der Waals surface area contributed by atoms with Gasteiger partial charge in [0.2, 0.25) is 0 Å². The molecule has 0 bridgehead atoms. The zero-order valence-electron chi connectivity index (χ0n) is 7.64. The maximum atomic E-state index is 5.05. The zero-order valence-corrected chi connectivity index (χ0v) is 8.46. The van der Waals surface area contributed by atoms with E-state index < -0.39 is 0 Å². The molecule has 0 aromatic carbocycles. The van der Waals surface area contributed by atoms with Gasteiger partial charge in [-0.15, -0.1) is 0 Å². The molecular formula is C8H20OS. The Labute approximate surface area is 69.5 Å². The lowest BCUT2D eigenvalue weighted by atomic mass is 10.8. The van der Waals surface area contributed by atoms with Crippen LogP contribution in [0.15, 0.2) is 0 Å². The molecule has 10 heavy (non-hydrogen) atoms. The molecular weight excluding hydrogens is 144 g/mol. The predicted molar refractivity (Wildman–Crippen MR) is 50.8 cm³/mol. The monoisotopic (exact) mass is 164 g/mol. The molecule has 2 heteroatoms. The lowest BCUT2D eigenvalue weighted by Crippen LogP contribution is -2.08. The Morgan fingerprint density at radius 3 is 1.40 bits per heavy atom. The number of hydrogen-bond donors (Lipinski definition) is 0. The molecule has 0 aromatic heterocycles. The summed E-state index contributed by atoms with van der Waals surface area (Å²) in [6, 6.07) is 0. The highest BCUT2D eigenvalue weighted by Crippen LogP contribution is 2.03. The molecule has 0 amide bonds. The molecule has 1 nitrogen and oxygen atoms in total. The van der Waals surface area contributed by atoms with Gasteiger partial charge in [0.05, 0.1) is 13.2 Å². The van der Waals surface area contributed by atoms with Crippen molar-refractivity contribution in [3.05, 3.63) is 0 Å². The molecule has 0 atom stereocenters. The van der Waals surface area contributed by atoms with Crippen molar-refractivity contribution in [1.82, 2.24) is 0 Å². The largest absolute Gasteiger partial charge is 0.380 e. The Morgan fingerprint density at radius 2 is 1.30 bits per heavy atom. The third-order valence-electron chi connectivity index (χ3n) is 0.744. The van der Waals surface area contributed by atoms with Crippen molar-refractivity contribution in [3.63, 3.8) is 0 Å². The number of hydrogen-bond acceptors (Lipinski definition) is 2. The number of rotatable bonds is 0. The van der Waals surface area contributed by atoms with E-state index in [0.717, 1.165) is 13.2 Å². The normalized spacial score (nSPS) is 15.6. The van der Waals surface area contributed by atoms with Gasteiger partial charge in [0.1, 0.15) is 0 Å². The van der Waals surface area contributed by atoms with Crippen LogP contribution in [0.4, 0.5) is 0 Å². The third-order valence-corrected chi connectivity index (χ3v) is 1.65. The number of ether oxygens (including phenoxy) is 1. The van der Waals surface area contributed by atoms with Gasteiger partial charge in [-0.05, 0) is 0 Å². The number of thioether (sulfide) groups is 1. The Bertz CT molecular complexity index is 24.7. The lowest BCUT2D eigenvalue weighted by molar-refractivity contribution is 0.161. The smallest absolute Gasteiger partial charge is 0.0557 e. The molecule has 0 aliphatic carbocycles. The van der Waals surface area contributed by atoms with Gasteiger partial charge in [-0.25, -0.2) is 0 Å². The van der Waals surface area contributed by atoms with E-state index in [2.05, 4.69) is 0 Å². The Kier molecular flexibility index (Phi) is 20.9. The van der Waals surface area contributed by atoms with Gasteiger partial charge in [-0.2, -0.15) is 11.8 Å². The van der Waals surface area contributed by atoms with E-state index in [4.69, 9.17) is 4.74 Å². The standard InChI is InChI=1S/C4H8OS.2C2H6/c1-3-6-4-2-5-1;2*1-2/h1-4H2;2*1-2H3. The average molecular weight is 164 g/mol. The Hall–Kier alpha value is 0.310. The average Bonchev–Trinajstić information content (AvgIpc) is 2.14. The first-order chi connectivity index (χ1) is 5.00. The first-order valence-corrected chi connectivity index (χ1v) is 5.31. The second-order valence-electron chi connectivity index (χ2n) is 1.22. The van der Waals surface area contributed by atoms with Crippen LogP contribution in [0.3, 0.4) is 0 Å². The molecule has 1 heterocycles. The maximum absolute atomic E-state index is 5.05. The predicted octanol–water partition coefficient (Wildman–Crippen LogP) is 2.80. The van der Waals surface area contributed by atoms with Crippen LogP contribution in [-0.4, -0.2) is 24.7 Å². The minimum atomic E-state index is 0.963. The van der Waals surface area contributed by atoms with Gasteiger partial charge in [0.25, 0.3) is 0 Å². The van der Waals surface area contributed by atoms with E-state index in [0.29, 0.717) is 0 Å². The highest BCUT2D eigenvalue weighted by Gasteiger charge is 1.95.